The standard InChI is InChI=1S/C23H24N4O3/c1-15-6-5-7-16(2)22(15)30-14-21(29)27-11-9-17(13-27)19-12-20(28)26-23(25-19)18-8-3-4-10-24-18/h3-8,10,12,17H,9,11,13-14H2,1-2H3,(H,25,26,28)/t17-/m1/s1. The van der Waals surface area contributed by atoms with Crippen molar-refractivity contribution in [3.63, 3.8) is 0 Å². The van der Waals surface area contributed by atoms with Gasteiger partial charge in [0.25, 0.3) is 11.5 Å². The van der Waals surface area contributed by atoms with Crippen molar-refractivity contribution in [2.24, 2.45) is 0 Å². The average molecular weight is 404 g/mol. The van der Waals surface area contributed by atoms with Crippen LogP contribution in [0.25, 0.3) is 11.5 Å². The first-order valence-electron chi connectivity index (χ1n) is 10.0. The first-order valence-corrected chi connectivity index (χ1v) is 10.0. The molecule has 4 rings (SSSR count). The lowest BCUT2D eigenvalue weighted by molar-refractivity contribution is -0.132. The van der Waals surface area contributed by atoms with Gasteiger partial charge in [0.05, 0.1) is 5.69 Å². The molecule has 0 saturated carbocycles. The molecule has 0 radical (unpaired) electrons. The first kappa shape index (κ1) is 19.8. The third-order valence-corrected chi connectivity index (χ3v) is 5.38. The fraction of sp³-hybridized carbons (Fsp3) is 0.304. The lowest BCUT2D eigenvalue weighted by Crippen LogP contribution is -2.33. The number of carbonyl (C=O) groups excluding carboxylic acids is 1. The summed E-state index contributed by atoms with van der Waals surface area (Å²) in [5.74, 6) is 1.16. The van der Waals surface area contributed by atoms with Crippen LogP contribution in [-0.4, -0.2) is 45.5 Å². The van der Waals surface area contributed by atoms with E-state index in [1.807, 2.05) is 44.2 Å². The van der Waals surface area contributed by atoms with Gasteiger partial charge in [0.1, 0.15) is 11.4 Å². The highest BCUT2D eigenvalue weighted by molar-refractivity contribution is 5.78. The molecule has 2 aromatic heterocycles. The Kier molecular flexibility index (Phi) is 5.61. The van der Waals surface area contributed by atoms with Crippen LogP contribution in [0, 0.1) is 13.8 Å². The molecule has 0 bridgehead atoms. The maximum absolute atomic E-state index is 12.7. The zero-order chi connectivity index (χ0) is 21.1. The van der Waals surface area contributed by atoms with Gasteiger partial charge in [-0.1, -0.05) is 24.3 Å². The van der Waals surface area contributed by atoms with E-state index in [1.165, 1.54) is 6.07 Å². The molecule has 1 atom stereocenters. The third-order valence-electron chi connectivity index (χ3n) is 5.38. The number of aryl methyl sites for hydroxylation is 2. The zero-order valence-corrected chi connectivity index (χ0v) is 17.1. The Morgan fingerprint density at radius 1 is 1.20 bits per heavy atom. The smallest absolute Gasteiger partial charge is 0.260 e. The molecular formula is C23H24N4O3. The fourth-order valence-electron chi connectivity index (χ4n) is 3.79. The van der Waals surface area contributed by atoms with E-state index in [9.17, 15) is 9.59 Å². The van der Waals surface area contributed by atoms with Crippen LogP contribution in [0.5, 0.6) is 5.75 Å². The van der Waals surface area contributed by atoms with Crippen LogP contribution in [0.1, 0.15) is 29.2 Å². The highest BCUT2D eigenvalue weighted by Gasteiger charge is 2.29. The largest absolute Gasteiger partial charge is 0.483 e. The van der Waals surface area contributed by atoms with E-state index < -0.39 is 0 Å². The molecule has 1 N–H and O–H groups in total. The second-order valence-electron chi connectivity index (χ2n) is 7.57. The van der Waals surface area contributed by atoms with E-state index in [2.05, 4.69) is 15.0 Å². The summed E-state index contributed by atoms with van der Waals surface area (Å²) in [6.07, 6.45) is 2.42. The van der Waals surface area contributed by atoms with Gasteiger partial charge in [-0.3, -0.25) is 14.6 Å². The summed E-state index contributed by atoms with van der Waals surface area (Å²) in [6.45, 7) is 5.08. The summed E-state index contributed by atoms with van der Waals surface area (Å²) < 4.78 is 5.81. The van der Waals surface area contributed by atoms with Crippen LogP contribution in [0.15, 0.2) is 53.5 Å². The van der Waals surface area contributed by atoms with Crippen LogP contribution >= 0.6 is 0 Å². The average Bonchev–Trinajstić information content (AvgIpc) is 3.24. The molecule has 30 heavy (non-hydrogen) atoms. The predicted molar refractivity (Wildman–Crippen MR) is 113 cm³/mol. The molecule has 7 nitrogen and oxygen atoms in total. The van der Waals surface area contributed by atoms with Crippen LogP contribution < -0.4 is 10.3 Å². The number of ether oxygens (including phenoxy) is 1. The van der Waals surface area contributed by atoms with Crippen molar-refractivity contribution in [1.29, 1.82) is 0 Å². The number of aromatic nitrogens is 3. The number of hydrogen-bond donors (Lipinski definition) is 1. The van der Waals surface area contributed by atoms with E-state index in [0.29, 0.717) is 30.3 Å². The number of aromatic amines is 1. The molecule has 7 heteroatoms. The Morgan fingerprint density at radius 2 is 2.00 bits per heavy atom. The quantitative estimate of drug-likeness (QED) is 0.706. The monoisotopic (exact) mass is 404 g/mol. The summed E-state index contributed by atoms with van der Waals surface area (Å²) in [5.41, 5.74) is 3.10. The number of H-pyrrole nitrogens is 1. The van der Waals surface area contributed by atoms with Crippen molar-refractivity contribution in [3.05, 3.63) is 75.8 Å². The second-order valence-corrected chi connectivity index (χ2v) is 7.57. The van der Waals surface area contributed by atoms with E-state index in [-0.39, 0.29) is 24.0 Å². The van der Waals surface area contributed by atoms with Crippen molar-refractivity contribution in [2.45, 2.75) is 26.2 Å². The molecule has 3 heterocycles. The van der Waals surface area contributed by atoms with Crippen molar-refractivity contribution in [3.8, 4) is 17.3 Å². The topological polar surface area (TPSA) is 88.2 Å². The number of benzene rings is 1. The van der Waals surface area contributed by atoms with Crippen molar-refractivity contribution >= 4 is 5.91 Å². The van der Waals surface area contributed by atoms with Crippen molar-refractivity contribution < 1.29 is 9.53 Å². The summed E-state index contributed by atoms with van der Waals surface area (Å²) in [5, 5.41) is 0. The summed E-state index contributed by atoms with van der Waals surface area (Å²) in [7, 11) is 0. The molecule has 1 saturated heterocycles. The minimum Gasteiger partial charge on any atom is -0.483 e. The Labute approximate surface area is 174 Å². The highest BCUT2D eigenvalue weighted by Crippen LogP contribution is 2.27. The lowest BCUT2D eigenvalue weighted by Gasteiger charge is -2.18. The summed E-state index contributed by atoms with van der Waals surface area (Å²) >= 11 is 0. The molecule has 1 aromatic carbocycles. The number of carbonyl (C=O) groups is 1. The molecule has 3 aromatic rings. The molecule has 154 valence electrons. The number of likely N-dealkylation sites (tertiary alicyclic amines) is 1. The van der Waals surface area contributed by atoms with Gasteiger partial charge in [0.15, 0.2) is 12.4 Å². The molecule has 1 aliphatic heterocycles. The molecule has 0 spiro atoms. The number of amides is 1. The molecule has 0 unspecified atom stereocenters. The highest BCUT2D eigenvalue weighted by atomic mass is 16.5. The van der Waals surface area contributed by atoms with Gasteiger partial charge >= 0.3 is 0 Å². The van der Waals surface area contributed by atoms with Crippen LogP contribution in [0.2, 0.25) is 0 Å². The number of para-hydroxylation sites is 1. The fourth-order valence-corrected chi connectivity index (χ4v) is 3.79. The molecule has 1 amide bonds. The minimum absolute atomic E-state index is 0.000397. The third kappa shape index (κ3) is 4.25. The second kappa shape index (κ2) is 8.49. The van der Waals surface area contributed by atoms with Crippen LogP contribution in [0.4, 0.5) is 0 Å². The number of rotatable bonds is 5. The van der Waals surface area contributed by atoms with Crippen molar-refractivity contribution in [1.82, 2.24) is 19.9 Å². The summed E-state index contributed by atoms with van der Waals surface area (Å²) in [4.78, 5) is 38.2. The zero-order valence-electron chi connectivity index (χ0n) is 17.1. The lowest BCUT2D eigenvalue weighted by atomic mass is 10.0. The van der Waals surface area contributed by atoms with Gasteiger partial charge in [-0.2, -0.15) is 0 Å². The molecule has 1 fully saturated rings. The van der Waals surface area contributed by atoms with Gasteiger partial charge in [-0.05, 0) is 43.5 Å². The van der Waals surface area contributed by atoms with E-state index in [1.54, 1.807) is 17.2 Å². The molecular weight excluding hydrogens is 380 g/mol. The maximum atomic E-state index is 12.7. The normalized spacial score (nSPS) is 15.9. The number of hydrogen-bond acceptors (Lipinski definition) is 5. The SMILES string of the molecule is Cc1cccc(C)c1OCC(=O)N1CC[C@@H](c2cc(=O)[nH]c(-c3ccccn3)n2)C1. The van der Waals surface area contributed by atoms with Gasteiger partial charge in [-0.15, -0.1) is 0 Å². The van der Waals surface area contributed by atoms with E-state index in [0.717, 1.165) is 23.3 Å². The van der Waals surface area contributed by atoms with Gasteiger partial charge < -0.3 is 14.6 Å². The Bertz CT molecular complexity index is 1090. The first-order chi connectivity index (χ1) is 14.5. The number of nitrogens with one attached hydrogen (secondary N) is 1. The maximum Gasteiger partial charge on any atom is 0.260 e. The summed E-state index contributed by atoms with van der Waals surface area (Å²) in [6, 6.07) is 12.9. The van der Waals surface area contributed by atoms with Gasteiger partial charge in [0.2, 0.25) is 0 Å². The van der Waals surface area contributed by atoms with Crippen LogP contribution in [0.3, 0.4) is 0 Å². The minimum atomic E-state index is -0.219. The number of nitrogens with zero attached hydrogens (tertiary/aromatic N) is 3. The predicted octanol–water partition coefficient (Wildman–Crippen LogP) is 2.84. The van der Waals surface area contributed by atoms with E-state index in [4.69, 9.17) is 4.74 Å². The molecule has 0 aliphatic carbocycles. The Balaban J connectivity index is 1.44. The molecule has 1 aliphatic rings. The number of pyridine rings is 1. The van der Waals surface area contributed by atoms with Crippen molar-refractivity contribution in [2.75, 3.05) is 19.7 Å². The van der Waals surface area contributed by atoms with Crippen LogP contribution in [-0.2, 0) is 4.79 Å². The Hall–Kier alpha value is -3.48. The van der Waals surface area contributed by atoms with E-state index >= 15 is 0 Å². The Morgan fingerprint density at radius 3 is 2.73 bits per heavy atom. The van der Waals surface area contributed by atoms with Gasteiger partial charge in [0, 0.05) is 31.3 Å². The van der Waals surface area contributed by atoms with Gasteiger partial charge in [-0.25, -0.2) is 4.98 Å².